The van der Waals surface area contributed by atoms with Crippen LogP contribution in [0.4, 0.5) is 13.2 Å². The first-order chi connectivity index (χ1) is 17.8. The lowest BCUT2D eigenvalue weighted by Gasteiger charge is -2.18. The molecule has 200 valence electrons. The minimum absolute atomic E-state index is 0.0442. The number of nitrogens with two attached hydrogens (primary N) is 1. The van der Waals surface area contributed by atoms with Crippen LogP contribution in [0, 0.1) is 17.1 Å². The summed E-state index contributed by atoms with van der Waals surface area (Å²) in [6.07, 6.45) is -3.43. The Bertz CT molecular complexity index is 1570. The second-order valence-electron chi connectivity index (χ2n) is 8.44. The lowest BCUT2D eigenvalue weighted by Crippen LogP contribution is -2.34. The molecule has 3 aromatic rings. The Morgan fingerprint density at radius 2 is 1.84 bits per heavy atom. The zero-order valence-electron chi connectivity index (χ0n) is 20.7. The molecular formula is C26H27F3N6O2S. The van der Waals surface area contributed by atoms with Crippen LogP contribution in [0.3, 0.4) is 0 Å². The maximum atomic E-state index is 13.5. The molecule has 8 nitrogen and oxygen atoms in total. The van der Waals surface area contributed by atoms with Crippen LogP contribution in [0.15, 0.2) is 69.3 Å². The Balaban J connectivity index is 2.10. The zero-order valence-corrected chi connectivity index (χ0v) is 21.5. The van der Waals surface area contributed by atoms with E-state index in [1.54, 1.807) is 31.2 Å². The maximum Gasteiger partial charge on any atom is 0.416 e. The molecule has 0 bridgehead atoms. The van der Waals surface area contributed by atoms with E-state index in [1.807, 2.05) is 0 Å². The van der Waals surface area contributed by atoms with Crippen molar-refractivity contribution in [2.24, 2.45) is 10.1 Å². The first-order valence-electron chi connectivity index (χ1n) is 11.2. The van der Waals surface area contributed by atoms with Crippen LogP contribution in [0.5, 0.6) is 0 Å². The number of carbonyl (C=O) groups is 1. The van der Waals surface area contributed by atoms with Gasteiger partial charge in [0, 0.05) is 53.8 Å². The molecular weight excluding hydrogens is 517 g/mol. The van der Waals surface area contributed by atoms with Crippen LogP contribution in [0.25, 0.3) is 5.69 Å². The van der Waals surface area contributed by atoms with Gasteiger partial charge in [0.05, 0.1) is 5.56 Å². The zero-order chi connectivity index (χ0) is 28.3. The number of benzene rings is 2. The molecule has 0 aliphatic rings. The molecule has 5 N–H and O–H groups in total. The summed E-state index contributed by atoms with van der Waals surface area (Å²) in [5.41, 5.74) is -0.392. The van der Waals surface area contributed by atoms with Gasteiger partial charge in [-0.05, 0) is 54.8 Å². The summed E-state index contributed by atoms with van der Waals surface area (Å²) in [6.45, 7) is 1.59. The fraction of sp³-hybridized carbons (Fsp3) is 0.192. The quantitative estimate of drug-likeness (QED) is 0.251. The normalized spacial score (nSPS) is 13.6. The topological polar surface area (TPSA) is 137 Å². The summed E-state index contributed by atoms with van der Waals surface area (Å²) in [5.74, 6) is 2.90. The van der Waals surface area contributed by atoms with Gasteiger partial charge in [-0.25, -0.2) is 0 Å². The highest BCUT2D eigenvalue weighted by molar-refractivity contribution is 7.99. The van der Waals surface area contributed by atoms with E-state index in [1.165, 1.54) is 25.2 Å². The summed E-state index contributed by atoms with van der Waals surface area (Å²) in [7, 11) is -0.908. The molecule has 38 heavy (non-hydrogen) atoms. The molecule has 2 aromatic carbocycles. The molecule has 0 fully saturated rings. The van der Waals surface area contributed by atoms with Crippen molar-refractivity contribution in [3.8, 4) is 5.69 Å². The molecule has 0 radical (unpaired) electrons. The lowest BCUT2D eigenvalue weighted by atomic mass is 10.0. The van der Waals surface area contributed by atoms with Gasteiger partial charge >= 0.3 is 6.18 Å². The van der Waals surface area contributed by atoms with Crippen molar-refractivity contribution in [1.29, 1.82) is 10.2 Å². The monoisotopic (exact) mass is 544 g/mol. The number of hydrogen-bond acceptors (Lipinski definition) is 5. The lowest BCUT2D eigenvalue weighted by molar-refractivity contribution is -0.137. The number of amides is 1. The highest BCUT2D eigenvalue weighted by atomic mass is 32.2. The van der Waals surface area contributed by atoms with Gasteiger partial charge in [-0.1, -0.05) is 27.8 Å². The predicted octanol–water partition coefficient (Wildman–Crippen LogP) is 4.13. The van der Waals surface area contributed by atoms with E-state index in [2.05, 4.69) is 16.2 Å². The van der Waals surface area contributed by atoms with Crippen LogP contribution in [-0.2, 0) is 22.3 Å². The van der Waals surface area contributed by atoms with E-state index < -0.39 is 32.8 Å². The summed E-state index contributed by atoms with van der Waals surface area (Å²) in [6, 6.07) is 12.3. The second kappa shape index (κ2) is 11.2. The van der Waals surface area contributed by atoms with E-state index in [4.69, 9.17) is 15.3 Å². The fourth-order valence-corrected chi connectivity index (χ4v) is 4.46. The first-order valence-corrected chi connectivity index (χ1v) is 13.1. The van der Waals surface area contributed by atoms with Crippen molar-refractivity contribution in [3.63, 3.8) is 0 Å². The number of alkyl halides is 3. The third-order valence-electron chi connectivity index (χ3n) is 5.80. The third kappa shape index (κ3) is 6.26. The Kier molecular flexibility index (Phi) is 8.38. The Labute approximate surface area is 218 Å². The van der Waals surface area contributed by atoms with Crippen molar-refractivity contribution in [3.05, 3.63) is 92.9 Å². The molecule has 0 saturated heterocycles. The van der Waals surface area contributed by atoms with Crippen LogP contribution in [-0.4, -0.2) is 35.3 Å². The predicted molar refractivity (Wildman–Crippen MR) is 145 cm³/mol. The van der Waals surface area contributed by atoms with Crippen molar-refractivity contribution in [1.82, 2.24) is 9.88 Å². The van der Waals surface area contributed by atoms with Gasteiger partial charge in [0.15, 0.2) is 0 Å². The van der Waals surface area contributed by atoms with Gasteiger partial charge in [0.1, 0.15) is 5.56 Å². The number of pyridine rings is 1. The largest absolute Gasteiger partial charge is 0.416 e. The minimum atomic E-state index is -4.63. The van der Waals surface area contributed by atoms with Crippen molar-refractivity contribution < 1.29 is 18.0 Å². The molecule has 1 unspecified atom stereocenters. The number of nitrogens with one attached hydrogen (secondary N) is 3. The highest BCUT2D eigenvalue weighted by Gasteiger charge is 2.31. The Morgan fingerprint density at radius 3 is 2.39 bits per heavy atom. The average molecular weight is 545 g/mol. The highest BCUT2D eigenvalue weighted by Crippen LogP contribution is 2.30. The average Bonchev–Trinajstić information content (AvgIpc) is 2.86. The van der Waals surface area contributed by atoms with E-state index in [9.17, 15) is 22.8 Å². The molecule has 0 spiro atoms. The number of aromatic nitrogens is 1. The molecule has 1 heterocycles. The molecule has 1 aromatic heterocycles. The number of nitrogens with zero attached hydrogens (tertiary/aromatic N) is 2. The van der Waals surface area contributed by atoms with Crippen LogP contribution >= 0.6 is 0 Å². The van der Waals surface area contributed by atoms with E-state index in [0.717, 1.165) is 22.9 Å². The van der Waals surface area contributed by atoms with E-state index >= 15 is 0 Å². The molecule has 1 atom stereocenters. The van der Waals surface area contributed by atoms with Crippen LogP contribution < -0.4 is 16.0 Å². The summed E-state index contributed by atoms with van der Waals surface area (Å²) in [5, 5.41) is 15.9. The number of hydrogen-bond donors (Lipinski definition) is 4. The number of carbonyl (C=O) groups excluding carboxylic acids is 1. The molecule has 0 aliphatic heterocycles. The van der Waals surface area contributed by atoms with Gasteiger partial charge in [-0.3, -0.25) is 29.1 Å². The smallest absolute Gasteiger partial charge is 0.348 e. The fourth-order valence-electron chi connectivity index (χ4n) is 3.84. The number of rotatable bonds is 8. The SMILES string of the molecule is C=S(=N)(N)c1ccc(CNC(=O)c2cc(C(CC=N)=NC)c(C)n(-c3cccc(C(F)(F)F)c3)c2=O)cc1. The van der Waals surface area contributed by atoms with Gasteiger partial charge in [0.2, 0.25) is 0 Å². The molecule has 0 saturated carbocycles. The standard InChI is InChI=1S/C26H27F3N6O2S/c1-16-21(23(33-2)11-12-30)14-22(24(36)34-15-17-7-9-20(10-8-17)38(3,31)32)25(37)35(16)19-6-4-5-18(13-19)26(27,28)29/h4-10,12-14,30H,3,11,15H2,1-2H3,(H3,31,32)(H,34,36). The maximum absolute atomic E-state index is 13.5. The van der Waals surface area contributed by atoms with Gasteiger partial charge < -0.3 is 10.7 Å². The Morgan fingerprint density at radius 1 is 1.18 bits per heavy atom. The van der Waals surface area contributed by atoms with Gasteiger partial charge in [-0.15, -0.1) is 0 Å². The minimum Gasteiger partial charge on any atom is -0.348 e. The summed E-state index contributed by atoms with van der Waals surface area (Å²) < 4.78 is 49.1. The number of aliphatic imine (C=N–C) groups is 1. The molecule has 1 amide bonds. The van der Waals surface area contributed by atoms with E-state index in [-0.39, 0.29) is 29.9 Å². The molecule has 3 rings (SSSR count). The van der Waals surface area contributed by atoms with Crippen LogP contribution in [0.1, 0.15) is 39.2 Å². The molecule has 0 aliphatic carbocycles. The van der Waals surface area contributed by atoms with Crippen molar-refractivity contribution in [2.45, 2.75) is 31.0 Å². The van der Waals surface area contributed by atoms with Gasteiger partial charge in [0.25, 0.3) is 11.5 Å². The second-order valence-corrected chi connectivity index (χ2v) is 10.5. The van der Waals surface area contributed by atoms with Crippen molar-refractivity contribution in [2.75, 3.05) is 7.05 Å². The molecule has 12 heteroatoms. The van der Waals surface area contributed by atoms with E-state index in [0.29, 0.717) is 21.7 Å². The third-order valence-corrected chi connectivity index (χ3v) is 6.91. The summed E-state index contributed by atoms with van der Waals surface area (Å²) >= 11 is 0. The first kappa shape index (κ1) is 28.5. The van der Waals surface area contributed by atoms with Crippen LogP contribution in [0.2, 0.25) is 0 Å². The summed E-state index contributed by atoms with van der Waals surface area (Å²) in [4.78, 5) is 31.4. The number of halogens is 3. The Hall–Kier alpha value is -4.03. The van der Waals surface area contributed by atoms with Crippen molar-refractivity contribution >= 4 is 33.3 Å². The van der Waals surface area contributed by atoms with Gasteiger partial charge in [-0.2, -0.15) is 13.2 Å².